The minimum atomic E-state index is 0.338. The minimum absolute atomic E-state index is 0.338. The molecule has 6 nitrogen and oxygen atoms in total. The highest BCUT2D eigenvalue weighted by molar-refractivity contribution is 9.10. The Morgan fingerprint density at radius 3 is 2.85 bits per heavy atom. The average molecular weight is 334 g/mol. The number of nitrogens with two attached hydrogens (primary N) is 1. The molecule has 0 spiro atoms. The van der Waals surface area contributed by atoms with Crippen LogP contribution in [0.5, 0.6) is 5.88 Å². The fourth-order valence-corrected chi connectivity index (χ4v) is 2.52. The van der Waals surface area contributed by atoms with Crippen molar-refractivity contribution in [3.8, 4) is 11.6 Å². The van der Waals surface area contributed by atoms with Crippen molar-refractivity contribution in [2.24, 2.45) is 0 Å². The first-order valence-electron chi connectivity index (χ1n) is 5.92. The van der Waals surface area contributed by atoms with E-state index in [1.54, 1.807) is 11.7 Å². The van der Waals surface area contributed by atoms with E-state index >= 15 is 0 Å². The Bertz CT molecular complexity index is 799. The highest BCUT2D eigenvalue weighted by Crippen LogP contribution is 2.31. The molecule has 0 bridgehead atoms. The Labute approximate surface area is 123 Å². The van der Waals surface area contributed by atoms with Crippen LogP contribution in [0.1, 0.15) is 5.56 Å². The summed E-state index contributed by atoms with van der Waals surface area (Å²) in [4.78, 5) is 12.6. The summed E-state index contributed by atoms with van der Waals surface area (Å²) in [5.74, 6) is 0.745. The van der Waals surface area contributed by atoms with Crippen molar-refractivity contribution in [1.82, 2.24) is 19.5 Å². The molecule has 0 aliphatic carbocycles. The molecule has 0 radical (unpaired) electrons. The normalized spacial score (nSPS) is 10.9. The van der Waals surface area contributed by atoms with Crippen LogP contribution in [0.15, 0.2) is 29.0 Å². The van der Waals surface area contributed by atoms with Gasteiger partial charge in [0.05, 0.1) is 12.8 Å². The number of nitrogen functional groups attached to an aromatic ring is 1. The fraction of sp³-hybridized carbons (Fsp3) is 0.154. The van der Waals surface area contributed by atoms with Gasteiger partial charge < -0.3 is 10.5 Å². The number of methoxy groups -OCH3 is 1. The smallest absolute Gasteiger partial charge is 0.245 e. The van der Waals surface area contributed by atoms with Crippen LogP contribution in [0.2, 0.25) is 0 Å². The summed E-state index contributed by atoms with van der Waals surface area (Å²) in [6.45, 7) is 2.01. The van der Waals surface area contributed by atoms with Crippen LogP contribution < -0.4 is 10.5 Å². The molecule has 2 heterocycles. The Balaban J connectivity index is 2.37. The van der Waals surface area contributed by atoms with Crippen molar-refractivity contribution >= 4 is 33.0 Å². The van der Waals surface area contributed by atoms with Crippen molar-refractivity contribution < 1.29 is 4.74 Å². The van der Waals surface area contributed by atoms with E-state index in [4.69, 9.17) is 10.5 Å². The van der Waals surface area contributed by atoms with E-state index in [2.05, 4.69) is 30.9 Å². The lowest BCUT2D eigenvalue weighted by atomic mass is 10.2. The molecule has 3 rings (SSSR count). The molecule has 0 saturated carbocycles. The van der Waals surface area contributed by atoms with Crippen LogP contribution in [0.3, 0.4) is 0 Å². The molecule has 1 aromatic carbocycles. The van der Waals surface area contributed by atoms with Gasteiger partial charge in [-0.15, -0.1) is 0 Å². The van der Waals surface area contributed by atoms with E-state index in [-0.39, 0.29) is 0 Å². The van der Waals surface area contributed by atoms with Gasteiger partial charge in [0.2, 0.25) is 11.8 Å². The molecular formula is C13H12BrN5O. The standard InChI is InChI=1S/C13H12BrN5O/c1-7-4-3-5-8(9(7)14)19-11-10(18-13(19)15)12(20-2)17-6-16-11/h3-6H,1-2H3,(H2,15,18). The van der Waals surface area contributed by atoms with Crippen LogP contribution in [-0.4, -0.2) is 26.6 Å². The summed E-state index contributed by atoms with van der Waals surface area (Å²) < 4.78 is 7.91. The Morgan fingerprint density at radius 2 is 2.10 bits per heavy atom. The average Bonchev–Trinajstić information content (AvgIpc) is 2.78. The van der Waals surface area contributed by atoms with E-state index in [0.717, 1.165) is 15.7 Å². The van der Waals surface area contributed by atoms with Crippen LogP contribution >= 0.6 is 15.9 Å². The second-order valence-electron chi connectivity index (χ2n) is 4.27. The number of halogens is 1. The molecule has 2 N–H and O–H groups in total. The first-order chi connectivity index (χ1) is 9.63. The molecule has 102 valence electrons. The summed E-state index contributed by atoms with van der Waals surface area (Å²) in [6, 6.07) is 5.92. The maximum atomic E-state index is 6.04. The fourth-order valence-electron chi connectivity index (χ4n) is 2.08. The largest absolute Gasteiger partial charge is 0.479 e. The zero-order valence-corrected chi connectivity index (χ0v) is 12.5. The second-order valence-corrected chi connectivity index (χ2v) is 5.06. The number of ether oxygens (including phenoxy) is 1. The van der Waals surface area contributed by atoms with Gasteiger partial charge >= 0.3 is 0 Å². The highest BCUT2D eigenvalue weighted by atomic mass is 79.9. The van der Waals surface area contributed by atoms with Crippen LogP contribution in [-0.2, 0) is 0 Å². The van der Waals surface area contributed by atoms with Gasteiger partial charge in [-0.3, -0.25) is 4.57 Å². The maximum Gasteiger partial charge on any atom is 0.245 e. The number of imidazole rings is 1. The molecule has 0 fully saturated rings. The van der Waals surface area contributed by atoms with Gasteiger partial charge in [0.25, 0.3) is 0 Å². The van der Waals surface area contributed by atoms with Crippen molar-refractivity contribution in [3.05, 3.63) is 34.6 Å². The van der Waals surface area contributed by atoms with E-state index in [0.29, 0.717) is 23.0 Å². The molecule has 0 unspecified atom stereocenters. The third-order valence-electron chi connectivity index (χ3n) is 3.04. The SMILES string of the molecule is COc1ncnc2c1nc(N)n2-c1cccc(C)c1Br. The van der Waals surface area contributed by atoms with Gasteiger partial charge in [0.1, 0.15) is 6.33 Å². The number of nitrogens with zero attached hydrogens (tertiary/aromatic N) is 4. The van der Waals surface area contributed by atoms with Gasteiger partial charge in [-0.05, 0) is 34.5 Å². The molecule has 2 aromatic heterocycles. The van der Waals surface area contributed by atoms with E-state index < -0.39 is 0 Å². The Kier molecular flexibility index (Phi) is 3.06. The highest BCUT2D eigenvalue weighted by Gasteiger charge is 2.17. The molecule has 7 heteroatoms. The molecule has 0 atom stereocenters. The summed E-state index contributed by atoms with van der Waals surface area (Å²) in [5.41, 5.74) is 9.17. The van der Waals surface area contributed by atoms with Crippen LogP contribution in [0.25, 0.3) is 16.9 Å². The van der Waals surface area contributed by atoms with Crippen molar-refractivity contribution in [2.45, 2.75) is 6.92 Å². The first kappa shape index (κ1) is 12.9. The van der Waals surface area contributed by atoms with E-state index in [1.165, 1.54) is 6.33 Å². The van der Waals surface area contributed by atoms with Gasteiger partial charge in [0, 0.05) is 4.47 Å². The number of aryl methyl sites for hydroxylation is 1. The van der Waals surface area contributed by atoms with Crippen molar-refractivity contribution in [3.63, 3.8) is 0 Å². The number of fused-ring (bicyclic) bond motifs is 1. The lowest BCUT2D eigenvalue weighted by molar-refractivity contribution is 0.401. The minimum Gasteiger partial charge on any atom is -0.479 e. The number of hydrogen-bond acceptors (Lipinski definition) is 5. The topological polar surface area (TPSA) is 78.8 Å². The van der Waals surface area contributed by atoms with E-state index in [1.807, 2.05) is 25.1 Å². The predicted octanol–water partition coefficient (Wildman–Crippen LogP) is 2.48. The zero-order valence-electron chi connectivity index (χ0n) is 11.0. The first-order valence-corrected chi connectivity index (χ1v) is 6.71. The second kappa shape index (κ2) is 4.75. The number of benzene rings is 1. The summed E-state index contributed by atoms with van der Waals surface area (Å²) in [5, 5.41) is 0. The van der Waals surface area contributed by atoms with Crippen molar-refractivity contribution in [2.75, 3.05) is 12.8 Å². The summed E-state index contributed by atoms with van der Waals surface area (Å²) >= 11 is 3.58. The number of rotatable bonds is 2. The maximum absolute atomic E-state index is 6.04. The third kappa shape index (κ3) is 1.82. The quantitative estimate of drug-likeness (QED) is 0.779. The monoisotopic (exact) mass is 333 g/mol. The third-order valence-corrected chi connectivity index (χ3v) is 4.07. The number of aromatic nitrogens is 4. The summed E-state index contributed by atoms with van der Waals surface area (Å²) in [7, 11) is 1.54. The lowest BCUT2D eigenvalue weighted by Gasteiger charge is -2.10. The van der Waals surface area contributed by atoms with Crippen molar-refractivity contribution in [1.29, 1.82) is 0 Å². The van der Waals surface area contributed by atoms with Crippen LogP contribution in [0.4, 0.5) is 5.95 Å². The number of anilines is 1. The van der Waals surface area contributed by atoms with Gasteiger partial charge in [-0.1, -0.05) is 12.1 Å². The molecule has 0 aliphatic rings. The van der Waals surface area contributed by atoms with Gasteiger partial charge in [0.15, 0.2) is 11.2 Å². The Hall–Kier alpha value is -2.15. The lowest BCUT2D eigenvalue weighted by Crippen LogP contribution is -2.03. The molecule has 0 amide bonds. The zero-order chi connectivity index (χ0) is 14.3. The number of hydrogen-bond donors (Lipinski definition) is 1. The molecule has 3 aromatic rings. The van der Waals surface area contributed by atoms with E-state index in [9.17, 15) is 0 Å². The predicted molar refractivity (Wildman–Crippen MR) is 80.1 cm³/mol. The van der Waals surface area contributed by atoms with Gasteiger partial charge in [-0.25, -0.2) is 9.97 Å². The molecule has 0 aliphatic heterocycles. The Morgan fingerprint density at radius 1 is 1.30 bits per heavy atom. The van der Waals surface area contributed by atoms with Gasteiger partial charge in [-0.2, -0.15) is 4.98 Å². The van der Waals surface area contributed by atoms with Crippen LogP contribution in [0, 0.1) is 6.92 Å². The summed E-state index contributed by atoms with van der Waals surface area (Å²) in [6.07, 6.45) is 1.43. The molecule has 20 heavy (non-hydrogen) atoms. The molecule has 0 saturated heterocycles. The molecular weight excluding hydrogens is 322 g/mol.